The summed E-state index contributed by atoms with van der Waals surface area (Å²) in [4.78, 5) is 13.1. The summed E-state index contributed by atoms with van der Waals surface area (Å²) in [5, 5.41) is 8.74. The van der Waals surface area contributed by atoms with E-state index in [1.165, 1.54) is 30.6 Å². The van der Waals surface area contributed by atoms with E-state index in [0.29, 0.717) is 6.42 Å². The van der Waals surface area contributed by atoms with Crippen LogP contribution in [0.1, 0.15) is 30.4 Å². The van der Waals surface area contributed by atoms with Gasteiger partial charge in [-0.2, -0.15) is 0 Å². The summed E-state index contributed by atoms with van der Waals surface area (Å²) < 4.78 is 0. The van der Waals surface area contributed by atoms with Gasteiger partial charge in [-0.1, -0.05) is 12.1 Å². The molecule has 0 bridgehead atoms. The van der Waals surface area contributed by atoms with Crippen molar-refractivity contribution in [1.82, 2.24) is 0 Å². The SMILES string of the molecule is O=C(O)CCc1ccc2c(c1)N(CC1CC1)CC2. The maximum Gasteiger partial charge on any atom is 0.303 e. The van der Waals surface area contributed by atoms with E-state index in [2.05, 4.69) is 23.1 Å². The second kappa shape index (κ2) is 4.63. The number of carboxylic acids is 1. The van der Waals surface area contributed by atoms with Crippen LogP contribution in [0.3, 0.4) is 0 Å². The molecule has 0 radical (unpaired) electrons. The number of benzene rings is 1. The number of aryl methyl sites for hydroxylation is 1. The Kier molecular flexibility index (Phi) is 2.98. The van der Waals surface area contributed by atoms with E-state index in [-0.39, 0.29) is 6.42 Å². The first-order valence-electron chi connectivity index (χ1n) is 6.81. The summed E-state index contributed by atoms with van der Waals surface area (Å²) >= 11 is 0. The van der Waals surface area contributed by atoms with E-state index in [4.69, 9.17) is 5.11 Å². The Morgan fingerprint density at radius 3 is 2.94 bits per heavy atom. The lowest BCUT2D eigenvalue weighted by molar-refractivity contribution is -0.136. The molecule has 0 amide bonds. The Morgan fingerprint density at radius 2 is 2.22 bits per heavy atom. The highest BCUT2D eigenvalue weighted by Crippen LogP contribution is 2.35. The minimum atomic E-state index is -0.717. The van der Waals surface area contributed by atoms with Crippen molar-refractivity contribution in [3.63, 3.8) is 0 Å². The van der Waals surface area contributed by atoms with Crippen LogP contribution < -0.4 is 4.90 Å². The lowest BCUT2D eigenvalue weighted by atomic mass is 10.1. The minimum Gasteiger partial charge on any atom is -0.481 e. The van der Waals surface area contributed by atoms with Gasteiger partial charge in [0.2, 0.25) is 0 Å². The third-order valence-electron chi connectivity index (χ3n) is 3.94. The maximum atomic E-state index is 10.6. The molecular formula is C15H19NO2. The van der Waals surface area contributed by atoms with E-state index in [9.17, 15) is 4.79 Å². The predicted molar refractivity (Wildman–Crippen MR) is 71.0 cm³/mol. The number of carbonyl (C=O) groups is 1. The molecule has 96 valence electrons. The Balaban J connectivity index is 1.73. The molecule has 1 N–H and O–H groups in total. The zero-order valence-electron chi connectivity index (χ0n) is 10.6. The molecule has 1 aromatic carbocycles. The highest BCUT2D eigenvalue weighted by atomic mass is 16.4. The second-order valence-corrected chi connectivity index (χ2v) is 5.50. The third kappa shape index (κ3) is 2.50. The van der Waals surface area contributed by atoms with Crippen LogP contribution in [0.4, 0.5) is 5.69 Å². The summed E-state index contributed by atoms with van der Waals surface area (Å²) in [5.74, 6) is 0.184. The molecule has 0 spiro atoms. The van der Waals surface area contributed by atoms with Gasteiger partial charge < -0.3 is 10.0 Å². The van der Waals surface area contributed by atoms with E-state index < -0.39 is 5.97 Å². The molecule has 2 aliphatic rings. The van der Waals surface area contributed by atoms with Crippen LogP contribution in [0.2, 0.25) is 0 Å². The molecule has 0 saturated heterocycles. The molecule has 1 heterocycles. The number of hydrogen-bond acceptors (Lipinski definition) is 2. The van der Waals surface area contributed by atoms with Crippen molar-refractivity contribution in [3.05, 3.63) is 29.3 Å². The van der Waals surface area contributed by atoms with Gasteiger partial charge in [-0.15, -0.1) is 0 Å². The maximum absolute atomic E-state index is 10.6. The van der Waals surface area contributed by atoms with Gasteiger partial charge in [0.1, 0.15) is 0 Å². The van der Waals surface area contributed by atoms with Crippen LogP contribution in [0.25, 0.3) is 0 Å². The molecule has 1 saturated carbocycles. The Morgan fingerprint density at radius 1 is 1.39 bits per heavy atom. The lowest BCUT2D eigenvalue weighted by Crippen LogP contribution is -2.23. The Labute approximate surface area is 107 Å². The molecule has 1 aromatic rings. The van der Waals surface area contributed by atoms with Crippen molar-refractivity contribution in [2.45, 2.75) is 32.1 Å². The van der Waals surface area contributed by atoms with Gasteiger partial charge in [-0.3, -0.25) is 4.79 Å². The summed E-state index contributed by atoms with van der Waals surface area (Å²) in [6.07, 6.45) is 4.76. The van der Waals surface area contributed by atoms with E-state index in [1.54, 1.807) is 0 Å². The van der Waals surface area contributed by atoms with Crippen molar-refractivity contribution in [3.8, 4) is 0 Å². The zero-order valence-corrected chi connectivity index (χ0v) is 10.6. The fraction of sp³-hybridized carbons (Fsp3) is 0.533. The molecule has 1 aliphatic heterocycles. The van der Waals surface area contributed by atoms with Gasteiger partial charge in [0, 0.05) is 25.2 Å². The summed E-state index contributed by atoms with van der Waals surface area (Å²) in [6.45, 7) is 2.32. The molecule has 3 nitrogen and oxygen atoms in total. The van der Waals surface area contributed by atoms with Crippen LogP contribution in [0, 0.1) is 5.92 Å². The molecule has 18 heavy (non-hydrogen) atoms. The Bertz CT molecular complexity index is 466. The van der Waals surface area contributed by atoms with Gasteiger partial charge >= 0.3 is 5.97 Å². The van der Waals surface area contributed by atoms with Crippen molar-refractivity contribution in [2.24, 2.45) is 5.92 Å². The van der Waals surface area contributed by atoms with Crippen molar-refractivity contribution >= 4 is 11.7 Å². The monoisotopic (exact) mass is 245 g/mol. The lowest BCUT2D eigenvalue weighted by Gasteiger charge is -2.19. The first kappa shape index (κ1) is 11.6. The van der Waals surface area contributed by atoms with E-state index >= 15 is 0 Å². The fourth-order valence-electron chi connectivity index (χ4n) is 2.70. The first-order chi connectivity index (χ1) is 8.72. The average molecular weight is 245 g/mol. The smallest absolute Gasteiger partial charge is 0.303 e. The molecule has 0 unspecified atom stereocenters. The number of aliphatic carboxylic acids is 1. The van der Waals surface area contributed by atoms with Crippen LogP contribution in [0.15, 0.2) is 18.2 Å². The van der Waals surface area contributed by atoms with Gasteiger partial charge in [0.25, 0.3) is 0 Å². The summed E-state index contributed by atoms with van der Waals surface area (Å²) in [7, 11) is 0. The van der Waals surface area contributed by atoms with Crippen LogP contribution in [0.5, 0.6) is 0 Å². The zero-order chi connectivity index (χ0) is 12.5. The van der Waals surface area contributed by atoms with Crippen molar-refractivity contribution in [2.75, 3.05) is 18.0 Å². The molecule has 1 fully saturated rings. The van der Waals surface area contributed by atoms with Gasteiger partial charge in [0.15, 0.2) is 0 Å². The number of hydrogen-bond donors (Lipinski definition) is 1. The quantitative estimate of drug-likeness (QED) is 0.866. The van der Waals surface area contributed by atoms with Crippen LogP contribution in [-0.2, 0) is 17.6 Å². The van der Waals surface area contributed by atoms with Crippen molar-refractivity contribution in [1.29, 1.82) is 0 Å². The van der Waals surface area contributed by atoms with Gasteiger partial charge in [0.05, 0.1) is 0 Å². The van der Waals surface area contributed by atoms with Gasteiger partial charge in [-0.05, 0) is 48.8 Å². The van der Waals surface area contributed by atoms with Crippen molar-refractivity contribution < 1.29 is 9.90 Å². The number of rotatable bonds is 5. The van der Waals surface area contributed by atoms with E-state index in [0.717, 1.165) is 24.4 Å². The molecule has 0 atom stereocenters. The molecular weight excluding hydrogens is 226 g/mol. The standard InChI is InChI=1S/C15H19NO2/c17-15(18)6-4-11-3-5-13-7-8-16(14(13)9-11)10-12-1-2-12/h3,5,9,12H,1-2,4,6-8,10H2,(H,17,18). The van der Waals surface area contributed by atoms with Crippen LogP contribution >= 0.6 is 0 Å². The highest BCUT2D eigenvalue weighted by Gasteiger charge is 2.27. The molecule has 1 aliphatic carbocycles. The Hall–Kier alpha value is -1.51. The second-order valence-electron chi connectivity index (χ2n) is 5.50. The first-order valence-corrected chi connectivity index (χ1v) is 6.81. The number of carboxylic acid groups (broad SMARTS) is 1. The number of fused-ring (bicyclic) bond motifs is 1. The highest BCUT2D eigenvalue weighted by molar-refractivity contribution is 5.67. The van der Waals surface area contributed by atoms with E-state index in [1.807, 2.05) is 0 Å². The molecule has 3 heteroatoms. The number of nitrogens with zero attached hydrogens (tertiary/aromatic N) is 1. The largest absolute Gasteiger partial charge is 0.481 e. The van der Waals surface area contributed by atoms with Crippen LogP contribution in [-0.4, -0.2) is 24.2 Å². The fourth-order valence-corrected chi connectivity index (χ4v) is 2.70. The topological polar surface area (TPSA) is 40.5 Å². The summed E-state index contributed by atoms with van der Waals surface area (Å²) in [5.41, 5.74) is 3.93. The number of anilines is 1. The molecule has 3 rings (SSSR count). The van der Waals surface area contributed by atoms with Gasteiger partial charge in [-0.25, -0.2) is 0 Å². The minimum absolute atomic E-state index is 0.224. The normalized spacial score (nSPS) is 17.9. The summed E-state index contributed by atoms with van der Waals surface area (Å²) in [6, 6.07) is 6.47. The third-order valence-corrected chi connectivity index (χ3v) is 3.94. The predicted octanol–water partition coefficient (Wildman–Crippen LogP) is 2.48. The molecule has 0 aromatic heterocycles. The average Bonchev–Trinajstić information content (AvgIpc) is 3.08.